The average Bonchev–Trinajstić information content (AvgIpc) is 3.26. The first-order valence-corrected chi connectivity index (χ1v) is 11.1. The lowest BCUT2D eigenvalue weighted by Crippen LogP contribution is -2.43. The molecule has 33 heavy (non-hydrogen) atoms. The maximum Gasteiger partial charge on any atom is 0.226 e. The number of hydrogen-bond acceptors (Lipinski definition) is 7. The van der Waals surface area contributed by atoms with Gasteiger partial charge in [-0.1, -0.05) is 6.07 Å². The summed E-state index contributed by atoms with van der Waals surface area (Å²) in [4.78, 5) is 25.5. The number of halogens is 2. The summed E-state index contributed by atoms with van der Waals surface area (Å²) in [5, 5.41) is 11.6. The molecule has 1 aromatic carbocycles. The number of nitrogens with zero attached hydrogens (tertiary/aromatic N) is 5. The fourth-order valence-electron chi connectivity index (χ4n) is 4.27. The molecule has 0 saturated carbocycles. The summed E-state index contributed by atoms with van der Waals surface area (Å²) in [6, 6.07) is 3.71. The predicted molar refractivity (Wildman–Crippen MR) is 118 cm³/mol. The van der Waals surface area contributed by atoms with Crippen LogP contribution < -0.4 is 10.2 Å². The first kappa shape index (κ1) is 21.5. The molecule has 5 rings (SSSR count). The van der Waals surface area contributed by atoms with E-state index in [0.29, 0.717) is 43.5 Å². The molecule has 2 N–H and O–H groups in total. The number of likely N-dealkylation sites (tertiary alicyclic amines) is 1. The number of benzene rings is 1. The van der Waals surface area contributed by atoms with Crippen molar-refractivity contribution in [1.29, 1.82) is 0 Å². The molecular formula is C22H25F2N7O2. The molecule has 3 aromatic rings. The number of ether oxygens (including phenoxy) is 1. The Bertz CT molecular complexity index is 1140. The molecule has 11 heteroatoms. The first-order valence-electron chi connectivity index (χ1n) is 11.1. The molecule has 2 aliphatic heterocycles. The van der Waals surface area contributed by atoms with Gasteiger partial charge < -0.3 is 19.9 Å². The van der Waals surface area contributed by atoms with Crippen molar-refractivity contribution >= 4 is 28.7 Å². The van der Waals surface area contributed by atoms with Gasteiger partial charge in [0.15, 0.2) is 23.1 Å². The summed E-state index contributed by atoms with van der Waals surface area (Å²) in [6.45, 7) is 4.08. The second kappa shape index (κ2) is 9.26. The van der Waals surface area contributed by atoms with Crippen LogP contribution in [0.3, 0.4) is 0 Å². The number of carbonyl (C=O) groups excluding carboxylic acids is 1. The van der Waals surface area contributed by atoms with Gasteiger partial charge >= 0.3 is 0 Å². The number of hydrogen-bond donors (Lipinski definition) is 2. The number of amides is 1. The van der Waals surface area contributed by atoms with Crippen LogP contribution in [0.5, 0.6) is 0 Å². The second-order valence-electron chi connectivity index (χ2n) is 8.33. The lowest BCUT2D eigenvalue weighted by molar-refractivity contribution is -0.131. The molecule has 0 spiro atoms. The fraction of sp³-hybridized carbons (Fsp3) is 0.455. The van der Waals surface area contributed by atoms with Gasteiger partial charge in [-0.15, -0.1) is 0 Å². The maximum atomic E-state index is 13.4. The smallest absolute Gasteiger partial charge is 0.226 e. The van der Waals surface area contributed by atoms with Crippen molar-refractivity contribution in [3.05, 3.63) is 41.6 Å². The van der Waals surface area contributed by atoms with Gasteiger partial charge in [0.1, 0.15) is 0 Å². The van der Waals surface area contributed by atoms with E-state index in [-0.39, 0.29) is 18.4 Å². The summed E-state index contributed by atoms with van der Waals surface area (Å²) in [5.41, 5.74) is 1.14. The summed E-state index contributed by atoms with van der Waals surface area (Å²) in [6.07, 6.45) is 3.32. The zero-order valence-electron chi connectivity index (χ0n) is 18.1. The summed E-state index contributed by atoms with van der Waals surface area (Å²) in [7, 11) is 0. The van der Waals surface area contributed by atoms with Gasteiger partial charge in [-0.25, -0.2) is 13.8 Å². The van der Waals surface area contributed by atoms with Crippen LogP contribution in [-0.2, 0) is 16.0 Å². The van der Waals surface area contributed by atoms with E-state index in [2.05, 4.69) is 30.4 Å². The van der Waals surface area contributed by atoms with E-state index >= 15 is 0 Å². The van der Waals surface area contributed by atoms with E-state index in [0.717, 1.165) is 49.3 Å². The largest absolute Gasteiger partial charge is 0.378 e. The number of anilines is 2. The molecule has 0 atom stereocenters. The van der Waals surface area contributed by atoms with Gasteiger partial charge in [0.05, 0.1) is 25.0 Å². The van der Waals surface area contributed by atoms with Crippen molar-refractivity contribution in [3.63, 3.8) is 0 Å². The average molecular weight is 457 g/mol. The Labute approximate surface area is 189 Å². The summed E-state index contributed by atoms with van der Waals surface area (Å²) < 4.78 is 31.9. The Morgan fingerprint density at radius 3 is 2.70 bits per heavy atom. The van der Waals surface area contributed by atoms with Gasteiger partial charge in [-0.2, -0.15) is 10.1 Å². The third kappa shape index (κ3) is 4.72. The lowest BCUT2D eigenvalue weighted by atomic mass is 10.0. The zero-order valence-corrected chi connectivity index (χ0v) is 18.1. The number of aromatic amines is 1. The molecule has 2 aromatic heterocycles. The molecule has 2 aliphatic rings. The number of morpholine rings is 1. The minimum atomic E-state index is -0.936. The number of carbonyl (C=O) groups is 1. The van der Waals surface area contributed by atoms with Crippen LogP contribution in [0.15, 0.2) is 24.4 Å². The Morgan fingerprint density at radius 2 is 1.94 bits per heavy atom. The van der Waals surface area contributed by atoms with E-state index in [1.807, 2.05) is 0 Å². The van der Waals surface area contributed by atoms with Crippen molar-refractivity contribution in [2.45, 2.75) is 25.3 Å². The van der Waals surface area contributed by atoms with Crippen LogP contribution in [0.2, 0.25) is 0 Å². The molecule has 0 aliphatic carbocycles. The Morgan fingerprint density at radius 1 is 1.15 bits per heavy atom. The van der Waals surface area contributed by atoms with E-state index in [4.69, 9.17) is 4.74 Å². The van der Waals surface area contributed by atoms with Gasteiger partial charge in [-0.05, 0) is 30.5 Å². The minimum Gasteiger partial charge on any atom is -0.378 e. The molecule has 174 valence electrons. The maximum absolute atomic E-state index is 13.4. The molecule has 0 radical (unpaired) electrons. The lowest BCUT2D eigenvalue weighted by Gasteiger charge is -2.32. The molecule has 4 heterocycles. The molecule has 0 unspecified atom stereocenters. The van der Waals surface area contributed by atoms with Crippen molar-refractivity contribution in [2.75, 3.05) is 49.6 Å². The van der Waals surface area contributed by atoms with Crippen LogP contribution in [0.25, 0.3) is 11.0 Å². The van der Waals surface area contributed by atoms with Crippen molar-refractivity contribution in [2.24, 2.45) is 0 Å². The fourth-order valence-corrected chi connectivity index (χ4v) is 4.27. The second-order valence-corrected chi connectivity index (χ2v) is 8.33. The Balaban J connectivity index is 1.16. The van der Waals surface area contributed by atoms with E-state index < -0.39 is 11.6 Å². The Kier molecular flexibility index (Phi) is 6.03. The highest BCUT2D eigenvalue weighted by molar-refractivity contribution is 5.87. The van der Waals surface area contributed by atoms with Crippen molar-refractivity contribution in [3.8, 4) is 0 Å². The van der Waals surface area contributed by atoms with E-state index in [9.17, 15) is 13.6 Å². The number of aromatic nitrogens is 4. The van der Waals surface area contributed by atoms with E-state index in [1.54, 1.807) is 11.1 Å². The molecule has 9 nitrogen and oxygen atoms in total. The number of nitrogens with one attached hydrogen (secondary N) is 2. The Hall–Kier alpha value is -3.34. The highest BCUT2D eigenvalue weighted by Gasteiger charge is 2.24. The minimum absolute atomic E-state index is 0.0559. The highest BCUT2D eigenvalue weighted by Crippen LogP contribution is 2.24. The SMILES string of the molecule is O=C(Cc1ccc(F)c(F)c1)N1CCC(Nc2ncc3c(N4CCOCC4)n[nH]c3n2)CC1. The quantitative estimate of drug-likeness (QED) is 0.606. The van der Waals surface area contributed by atoms with Gasteiger partial charge in [-0.3, -0.25) is 9.89 Å². The van der Waals surface area contributed by atoms with Gasteiger partial charge in [0, 0.05) is 38.4 Å². The van der Waals surface area contributed by atoms with Crippen LogP contribution in [0, 0.1) is 11.6 Å². The van der Waals surface area contributed by atoms with Crippen LogP contribution >= 0.6 is 0 Å². The standard InChI is InChI=1S/C22H25F2N7O2/c23-17-2-1-14(11-18(17)24)12-19(32)30-5-3-15(4-6-30)26-22-25-13-16-20(27-22)28-29-21(16)31-7-9-33-10-8-31/h1-2,11,13,15H,3-10,12H2,(H2,25,26,27,28,29). The number of H-pyrrole nitrogens is 1. The molecule has 0 bridgehead atoms. The number of fused-ring (bicyclic) bond motifs is 1. The monoisotopic (exact) mass is 457 g/mol. The topological polar surface area (TPSA) is 99.3 Å². The zero-order chi connectivity index (χ0) is 22.8. The first-order chi connectivity index (χ1) is 16.1. The number of piperidine rings is 1. The van der Waals surface area contributed by atoms with Gasteiger partial charge in [0.25, 0.3) is 0 Å². The molecular weight excluding hydrogens is 432 g/mol. The van der Waals surface area contributed by atoms with Crippen LogP contribution in [0.1, 0.15) is 18.4 Å². The van der Waals surface area contributed by atoms with E-state index in [1.165, 1.54) is 6.07 Å². The third-order valence-electron chi connectivity index (χ3n) is 6.13. The van der Waals surface area contributed by atoms with Crippen LogP contribution in [-0.4, -0.2) is 76.4 Å². The van der Waals surface area contributed by atoms with Gasteiger partial charge in [0.2, 0.25) is 11.9 Å². The predicted octanol–water partition coefficient (Wildman–Crippen LogP) is 2.11. The normalized spacial score (nSPS) is 17.5. The highest BCUT2D eigenvalue weighted by atomic mass is 19.2. The number of rotatable bonds is 5. The molecule has 2 fully saturated rings. The molecule has 2 saturated heterocycles. The third-order valence-corrected chi connectivity index (χ3v) is 6.13. The van der Waals surface area contributed by atoms with Crippen LogP contribution in [0.4, 0.5) is 20.5 Å². The van der Waals surface area contributed by atoms with Crippen molar-refractivity contribution < 1.29 is 18.3 Å². The molecule has 1 amide bonds. The summed E-state index contributed by atoms with van der Waals surface area (Å²) >= 11 is 0. The van der Waals surface area contributed by atoms with Crippen molar-refractivity contribution in [1.82, 2.24) is 25.1 Å². The summed E-state index contributed by atoms with van der Waals surface area (Å²) in [5.74, 6) is -0.579.